The first-order valence-corrected chi connectivity index (χ1v) is 12.0. The predicted octanol–water partition coefficient (Wildman–Crippen LogP) is 8.01. The van der Waals surface area contributed by atoms with Crippen molar-refractivity contribution < 1.29 is 15.0 Å². The lowest BCUT2D eigenvalue weighted by Crippen LogP contribution is -2.12. The Bertz CT molecular complexity index is 1130. The second kappa shape index (κ2) is 9.66. The summed E-state index contributed by atoms with van der Waals surface area (Å²) in [5.41, 5.74) is 5.99. The molecule has 3 heteroatoms. The second-order valence-corrected chi connectivity index (χ2v) is 11.5. The lowest BCUT2D eigenvalue weighted by atomic mass is 9.79. The van der Waals surface area contributed by atoms with Crippen LogP contribution in [0.1, 0.15) is 105 Å². The van der Waals surface area contributed by atoms with E-state index in [0.717, 1.165) is 17.5 Å². The van der Waals surface area contributed by atoms with Crippen LogP contribution in [0.4, 0.5) is 0 Å². The van der Waals surface area contributed by atoms with Crippen LogP contribution in [-0.4, -0.2) is 16.2 Å². The van der Waals surface area contributed by atoms with Crippen LogP contribution in [0.15, 0.2) is 66.7 Å². The maximum atomic E-state index is 11.7. The van der Waals surface area contributed by atoms with Crippen LogP contribution < -0.4 is 0 Å². The van der Waals surface area contributed by atoms with Gasteiger partial charge in [0.05, 0.1) is 0 Å². The summed E-state index contributed by atoms with van der Waals surface area (Å²) >= 11 is 0. The number of hydrogen-bond acceptors (Lipinski definition) is 2. The molecule has 3 aromatic carbocycles. The number of carboxylic acids is 1. The molecule has 3 rings (SSSR count). The van der Waals surface area contributed by atoms with Gasteiger partial charge in [0.2, 0.25) is 0 Å². The first kappa shape index (κ1) is 25.6. The number of carbonyl (C=O) groups is 1. The van der Waals surface area contributed by atoms with Gasteiger partial charge in [0, 0.05) is 5.92 Å². The third-order valence-electron chi connectivity index (χ3n) is 6.77. The number of hydrogen-bond donors (Lipinski definition) is 2. The fraction of sp³-hybridized carbons (Fsp3) is 0.387. The van der Waals surface area contributed by atoms with Gasteiger partial charge in [-0.05, 0) is 63.1 Å². The Hall–Kier alpha value is -3.07. The minimum atomic E-state index is -1.12. The minimum absolute atomic E-state index is 0.00464. The summed E-state index contributed by atoms with van der Waals surface area (Å²) in [6.45, 7) is 15.5. The van der Waals surface area contributed by atoms with Gasteiger partial charge in [0.15, 0.2) is 0 Å². The monoisotopic (exact) mass is 458 g/mol. The van der Waals surface area contributed by atoms with Crippen LogP contribution >= 0.6 is 0 Å². The van der Waals surface area contributed by atoms with E-state index in [1.165, 1.54) is 22.8 Å². The summed E-state index contributed by atoms with van der Waals surface area (Å²) in [7, 11) is 0. The quantitative estimate of drug-likeness (QED) is 0.393. The zero-order chi connectivity index (χ0) is 25.3. The van der Waals surface area contributed by atoms with Crippen LogP contribution in [0, 0.1) is 0 Å². The van der Waals surface area contributed by atoms with Crippen molar-refractivity contribution in [1.29, 1.82) is 0 Å². The normalized spacial score (nSPS) is 14.0. The van der Waals surface area contributed by atoms with Crippen LogP contribution in [-0.2, 0) is 10.8 Å². The number of rotatable bonds is 6. The molecule has 0 saturated heterocycles. The molecule has 0 amide bonds. The van der Waals surface area contributed by atoms with Gasteiger partial charge in [-0.2, -0.15) is 0 Å². The minimum Gasteiger partial charge on any atom is -0.507 e. The van der Waals surface area contributed by atoms with E-state index in [4.69, 9.17) is 0 Å². The van der Waals surface area contributed by atoms with E-state index >= 15 is 0 Å². The van der Waals surface area contributed by atoms with Crippen LogP contribution in [0.25, 0.3) is 0 Å². The molecule has 0 aliphatic carbocycles. The molecule has 3 aromatic rings. The SMILES string of the molecule is CC(CC(c1ccc(C(C)(C)C)cc1)c1ccc(O)c(C(=O)O)c1)c1ccc(C(C)(C)C)cc1. The van der Waals surface area contributed by atoms with Crippen molar-refractivity contribution in [2.45, 2.75) is 77.6 Å². The first-order chi connectivity index (χ1) is 15.8. The summed E-state index contributed by atoms with van der Waals surface area (Å²) in [6.07, 6.45) is 0.827. The van der Waals surface area contributed by atoms with E-state index < -0.39 is 5.97 Å². The fourth-order valence-corrected chi connectivity index (χ4v) is 4.42. The Kier molecular flexibility index (Phi) is 7.26. The third kappa shape index (κ3) is 5.88. The molecule has 2 unspecified atom stereocenters. The average molecular weight is 459 g/mol. The molecule has 3 nitrogen and oxygen atoms in total. The molecule has 180 valence electrons. The van der Waals surface area contributed by atoms with Crippen LogP contribution in [0.5, 0.6) is 5.75 Å². The highest BCUT2D eigenvalue weighted by Crippen LogP contribution is 2.38. The number of carboxylic acid groups (broad SMARTS) is 1. The molecular formula is C31H38O3. The summed E-state index contributed by atoms with van der Waals surface area (Å²) in [6, 6.07) is 22.5. The number of benzene rings is 3. The van der Waals surface area contributed by atoms with E-state index in [2.05, 4.69) is 97.0 Å². The van der Waals surface area contributed by atoms with Crippen molar-refractivity contribution in [3.05, 3.63) is 100 Å². The van der Waals surface area contributed by atoms with Gasteiger partial charge in [0.1, 0.15) is 11.3 Å². The van der Waals surface area contributed by atoms with Crippen LogP contribution in [0.2, 0.25) is 0 Å². The zero-order valence-corrected chi connectivity index (χ0v) is 21.5. The van der Waals surface area contributed by atoms with Crippen LogP contribution in [0.3, 0.4) is 0 Å². The highest BCUT2D eigenvalue weighted by Gasteiger charge is 2.23. The van der Waals surface area contributed by atoms with E-state index in [1.807, 2.05) is 6.07 Å². The van der Waals surface area contributed by atoms with Gasteiger partial charge < -0.3 is 10.2 Å². The highest BCUT2D eigenvalue weighted by molar-refractivity contribution is 5.91. The predicted molar refractivity (Wildman–Crippen MR) is 140 cm³/mol. The van der Waals surface area contributed by atoms with Gasteiger partial charge in [-0.25, -0.2) is 4.79 Å². The first-order valence-electron chi connectivity index (χ1n) is 12.0. The van der Waals surface area contributed by atoms with Crippen molar-refractivity contribution in [2.24, 2.45) is 0 Å². The highest BCUT2D eigenvalue weighted by atomic mass is 16.4. The Morgan fingerprint density at radius 2 is 1.18 bits per heavy atom. The molecule has 0 fully saturated rings. The van der Waals surface area contributed by atoms with Crippen molar-refractivity contribution >= 4 is 5.97 Å². The van der Waals surface area contributed by atoms with Gasteiger partial charge in [0.25, 0.3) is 0 Å². The zero-order valence-electron chi connectivity index (χ0n) is 21.5. The molecule has 2 N–H and O–H groups in total. The Labute approximate surface area is 204 Å². The third-order valence-corrected chi connectivity index (χ3v) is 6.77. The lowest BCUT2D eigenvalue weighted by Gasteiger charge is -2.25. The van der Waals surface area contributed by atoms with Crippen molar-refractivity contribution in [2.75, 3.05) is 0 Å². The summed E-state index contributed by atoms with van der Waals surface area (Å²) in [5.74, 6) is -1.05. The van der Waals surface area contributed by atoms with Gasteiger partial charge >= 0.3 is 5.97 Å². The molecule has 34 heavy (non-hydrogen) atoms. The molecule has 0 radical (unpaired) electrons. The Morgan fingerprint density at radius 1 is 0.735 bits per heavy atom. The second-order valence-electron chi connectivity index (χ2n) is 11.5. The Balaban J connectivity index is 2.00. The molecular weight excluding hydrogens is 420 g/mol. The van der Waals surface area contributed by atoms with Gasteiger partial charge in [-0.3, -0.25) is 0 Å². The fourth-order valence-electron chi connectivity index (χ4n) is 4.42. The number of phenols is 1. The lowest BCUT2D eigenvalue weighted by molar-refractivity contribution is 0.0693. The van der Waals surface area contributed by atoms with Gasteiger partial charge in [-0.15, -0.1) is 0 Å². The van der Waals surface area contributed by atoms with Crippen molar-refractivity contribution in [3.63, 3.8) is 0 Å². The van der Waals surface area contributed by atoms with E-state index in [0.29, 0.717) is 0 Å². The van der Waals surface area contributed by atoms with E-state index in [1.54, 1.807) is 6.07 Å². The van der Waals surface area contributed by atoms with E-state index in [9.17, 15) is 15.0 Å². The van der Waals surface area contributed by atoms with E-state index in [-0.39, 0.29) is 34.0 Å². The number of aromatic carboxylic acids is 1. The molecule has 0 aliphatic heterocycles. The van der Waals surface area contributed by atoms with Crippen molar-refractivity contribution in [1.82, 2.24) is 0 Å². The molecule has 0 aliphatic rings. The summed E-state index contributed by atoms with van der Waals surface area (Å²) < 4.78 is 0. The number of aromatic hydroxyl groups is 1. The molecule has 0 bridgehead atoms. The van der Waals surface area contributed by atoms with Gasteiger partial charge in [-0.1, -0.05) is 103 Å². The molecule has 0 spiro atoms. The molecule has 0 saturated carbocycles. The summed E-state index contributed by atoms with van der Waals surface area (Å²) in [4.78, 5) is 11.7. The van der Waals surface area contributed by atoms with Crippen molar-refractivity contribution in [3.8, 4) is 5.75 Å². The smallest absolute Gasteiger partial charge is 0.339 e. The molecule has 0 heterocycles. The maximum absolute atomic E-state index is 11.7. The largest absolute Gasteiger partial charge is 0.507 e. The standard InChI is InChI=1S/C31H38O3/c1-20(21-8-13-24(14-9-21)30(2,3)4)18-26(22-10-15-25(16-11-22)31(5,6)7)23-12-17-28(32)27(19-23)29(33)34/h8-17,19-20,26,32H,18H2,1-7H3,(H,33,34). The Morgan fingerprint density at radius 3 is 1.62 bits per heavy atom. The average Bonchev–Trinajstić information content (AvgIpc) is 2.76. The maximum Gasteiger partial charge on any atom is 0.339 e. The molecule has 0 aromatic heterocycles. The summed E-state index contributed by atoms with van der Waals surface area (Å²) in [5, 5.41) is 19.6. The topological polar surface area (TPSA) is 57.5 Å². The molecule has 2 atom stereocenters.